The number of halogens is 2. The summed E-state index contributed by atoms with van der Waals surface area (Å²) in [6.07, 6.45) is 0. The van der Waals surface area contributed by atoms with Gasteiger partial charge in [0.05, 0.1) is 9.92 Å². The van der Waals surface area contributed by atoms with Crippen LogP contribution in [-0.2, 0) is 14.8 Å². The Morgan fingerprint density at radius 3 is 2.26 bits per heavy atom. The molecule has 0 radical (unpaired) electrons. The van der Waals surface area contributed by atoms with Crippen LogP contribution in [0.4, 0.5) is 5.69 Å². The maximum absolute atomic E-state index is 12.5. The smallest absolute Gasteiger partial charge is 0.261 e. The lowest BCUT2D eigenvalue weighted by molar-refractivity contribution is -0.132. The lowest BCUT2D eigenvalue weighted by Gasteiger charge is -2.19. The van der Waals surface area contributed by atoms with Gasteiger partial charge in [-0.2, -0.15) is 0 Å². The third-order valence-corrected chi connectivity index (χ3v) is 5.70. The van der Waals surface area contributed by atoms with E-state index in [4.69, 9.17) is 27.9 Å². The number of likely N-dealkylation sites (N-methyl/N-ethyl adjacent to an activating group) is 1. The molecule has 2 aromatic carbocycles. The second-order valence-electron chi connectivity index (χ2n) is 5.56. The summed E-state index contributed by atoms with van der Waals surface area (Å²) >= 11 is 11.9. The molecule has 6 nitrogen and oxygen atoms in total. The largest absolute Gasteiger partial charge is 0.482 e. The van der Waals surface area contributed by atoms with E-state index in [1.807, 2.05) is 13.8 Å². The predicted octanol–water partition coefficient (Wildman–Crippen LogP) is 4.04. The number of hydrogen-bond donors (Lipinski definition) is 1. The summed E-state index contributed by atoms with van der Waals surface area (Å²) in [7, 11) is -3.83. The van der Waals surface area contributed by atoms with Crippen LogP contribution in [0.2, 0.25) is 10.0 Å². The van der Waals surface area contributed by atoms with Crippen LogP contribution in [0.5, 0.6) is 5.75 Å². The minimum atomic E-state index is -3.83. The first-order valence-corrected chi connectivity index (χ1v) is 10.5. The zero-order valence-electron chi connectivity index (χ0n) is 14.9. The summed E-state index contributed by atoms with van der Waals surface area (Å²) in [5, 5.41) is 0.600. The SMILES string of the molecule is CCN(CC)C(=O)COc1ccc(S(=O)(=O)Nc2ccc(Cl)cc2)cc1Cl. The van der Waals surface area contributed by atoms with Crippen molar-refractivity contribution in [3.05, 3.63) is 52.5 Å². The molecule has 0 spiro atoms. The molecule has 0 saturated heterocycles. The topological polar surface area (TPSA) is 75.7 Å². The van der Waals surface area contributed by atoms with Crippen LogP contribution >= 0.6 is 23.2 Å². The minimum absolute atomic E-state index is 0.0233. The first-order chi connectivity index (χ1) is 12.8. The number of sulfonamides is 1. The molecule has 1 amide bonds. The van der Waals surface area contributed by atoms with E-state index in [9.17, 15) is 13.2 Å². The van der Waals surface area contributed by atoms with E-state index in [-0.39, 0.29) is 28.2 Å². The van der Waals surface area contributed by atoms with E-state index in [0.717, 1.165) is 0 Å². The highest BCUT2D eigenvalue weighted by molar-refractivity contribution is 7.92. The Bertz CT molecular complexity index is 898. The van der Waals surface area contributed by atoms with E-state index in [0.29, 0.717) is 23.8 Å². The summed E-state index contributed by atoms with van der Waals surface area (Å²) in [6, 6.07) is 10.3. The fraction of sp³-hybridized carbons (Fsp3) is 0.278. The maximum atomic E-state index is 12.5. The molecular formula is C18H20Cl2N2O4S. The molecule has 2 aromatic rings. The number of amides is 1. The number of benzene rings is 2. The van der Waals surface area contributed by atoms with Crippen molar-refractivity contribution >= 4 is 44.8 Å². The van der Waals surface area contributed by atoms with Crippen LogP contribution in [0.25, 0.3) is 0 Å². The molecule has 0 bridgehead atoms. The Balaban J connectivity index is 2.10. The summed E-state index contributed by atoms with van der Waals surface area (Å²) in [6.45, 7) is 4.75. The van der Waals surface area contributed by atoms with Gasteiger partial charge >= 0.3 is 0 Å². The quantitative estimate of drug-likeness (QED) is 0.685. The van der Waals surface area contributed by atoms with Crippen LogP contribution in [-0.4, -0.2) is 38.9 Å². The van der Waals surface area contributed by atoms with E-state index in [1.165, 1.54) is 18.2 Å². The highest BCUT2D eigenvalue weighted by atomic mass is 35.5. The summed E-state index contributed by atoms with van der Waals surface area (Å²) in [4.78, 5) is 13.6. The van der Waals surface area contributed by atoms with Gasteiger partial charge in [0.2, 0.25) is 0 Å². The molecule has 0 aliphatic carbocycles. The summed E-state index contributed by atoms with van der Waals surface area (Å²) in [5.41, 5.74) is 0.376. The average Bonchev–Trinajstić information content (AvgIpc) is 2.63. The Morgan fingerprint density at radius 2 is 1.70 bits per heavy atom. The van der Waals surface area contributed by atoms with Crippen molar-refractivity contribution in [2.24, 2.45) is 0 Å². The molecule has 0 fully saturated rings. The molecular weight excluding hydrogens is 411 g/mol. The van der Waals surface area contributed by atoms with E-state index >= 15 is 0 Å². The van der Waals surface area contributed by atoms with Gasteiger partial charge in [0.15, 0.2) is 6.61 Å². The van der Waals surface area contributed by atoms with E-state index in [1.54, 1.807) is 29.2 Å². The first kappa shape index (κ1) is 21.3. The van der Waals surface area contributed by atoms with Gasteiger partial charge in [-0.3, -0.25) is 9.52 Å². The third kappa shape index (κ3) is 5.76. The second-order valence-corrected chi connectivity index (χ2v) is 8.09. The van der Waals surface area contributed by atoms with Gasteiger partial charge < -0.3 is 9.64 Å². The Morgan fingerprint density at radius 1 is 1.07 bits per heavy atom. The fourth-order valence-corrected chi connectivity index (χ4v) is 3.82. The fourth-order valence-electron chi connectivity index (χ4n) is 2.30. The van der Waals surface area contributed by atoms with Crippen LogP contribution in [0, 0.1) is 0 Å². The number of nitrogens with one attached hydrogen (secondary N) is 1. The second kappa shape index (κ2) is 9.30. The Hall–Kier alpha value is -1.96. The van der Waals surface area contributed by atoms with Gasteiger partial charge in [-0.25, -0.2) is 8.42 Å². The normalized spacial score (nSPS) is 11.1. The van der Waals surface area contributed by atoms with Crippen LogP contribution < -0.4 is 9.46 Å². The Labute approximate surface area is 169 Å². The number of hydrogen-bond acceptors (Lipinski definition) is 4. The van der Waals surface area contributed by atoms with Gasteiger partial charge in [-0.15, -0.1) is 0 Å². The van der Waals surface area contributed by atoms with Crippen molar-refractivity contribution < 1.29 is 17.9 Å². The standard InChI is InChI=1S/C18H20Cl2N2O4S/c1-3-22(4-2)18(23)12-26-17-10-9-15(11-16(17)20)27(24,25)21-14-7-5-13(19)6-8-14/h5-11,21H,3-4,12H2,1-2H3. The molecule has 0 heterocycles. The number of rotatable bonds is 8. The molecule has 27 heavy (non-hydrogen) atoms. The molecule has 2 rings (SSSR count). The summed E-state index contributed by atoms with van der Waals surface area (Å²) < 4.78 is 32.8. The number of carbonyl (C=O) groups is 1. The number of anilines is 1. The molecule has 1 N–H and O–H groups in total. The van der Waals surface area contributed by atoms with Crippen molar-refractivity contribution in [3.63, 3.8) is 0 Å². The van der Waals surface area contributed by atoms with Gasteiger partial charge in [-0.05, 0) is 56.3 Å². The Kier molecular flexibility index (Phi) is 7.35. The molecule has 0 aliphatic heterocycles. The average molecular weight is 431 g/mol. The van der Waals surface area contributed by atoms with Crippen molar-refractivity contribution in [2.75, 3.05) is 24.4 Å². The van der Waals surface area contributed by atoms with Crippen molar-refractivity contribution in [1.29, 1.82) is 0 Å². The molecule has 0 unspecified atom stereocenters. The van der Waals surface area contributed by atoms with E-state index in [2.05, 4.69) is 4.72 Å². The van der Waals surface area contributed by atoms with Gasteiger partial charge in [0.25, 0.3) is 15.9 Å². The van der Waals surface area contributed by atoms with Gasteiger partial charge in [-0.1, -0.05) is 23.2 Å². The molecule has 0 aliphatic rings. The zero-order chi connectivity index (χ0) is 20.0. The van der Waals surface area contributed by atoms with Crippen molar-refractivity contribution in [2.45, 2.75) is 18.7 Å². The molecule has 9 heteroatoms. The lowest BCUT2D eigenvalue weighted by atomic mass is 10.3. The van der Waals surface area contributed by atoms with Crippen molar-refractivity contribution in [1.82, 2.24) is 4.90 Å². The van der Waals surface area contributed by atoms with Gasteiger partial charge in [0, 0.05) is 23.8 Å². The molecule has 0 aromatic heterocycles. The minimum Gasteiger partial charge on any atom is -0.482 e. The van der Waals surface area contributed by atoms with Gasteiger partial charge in [0.1, 0.15) is 5.75 Å². The molecule has 0 atom stereocenters. The number of nitrogens with zero attached hydrogens (tertiary/aromatic N) is 1. The molecule has 146 valence electrons. The van der Waals surface area contributed by atoms with E-state index < -0.39 is 10.0 Å². The first-order valence-electron chi connectivity index (χ1n) is 8.25. The highest BCUT2D eigenvalue weighted by Gasteiger charge is 2.17. The highest BCUT2D eigenvalue weighted by Crippen LogP contribution is 2.28. The van der Waals surface area contributed by atoms with Crippen LogP contribution in [0.15, 0.2) is 47.4 Å². The van der Waals surface area contributed by atoms with Crippen LogP contribution in [0.1, 0.15) is 13.8 Å². The summed E-state index contributed by atoms with van der Waals surface area (Å²) in [5.74, 6) is 0.0692. The van der Waals surface area contributed by atoms with Crippen molar-refractivity contribution in [3.8, 4) is 5.75 Å². The maximum Gasteiger partial charge on any atom is 0.261 e. The number of carbonyl (C=O) groups excluding carboxylic acids is 1. The lowest BCUT2D eigenvalue weighted by Crippen LogP contribution is -2.34. The van der Waals surface area contributed by atoms with Crippen LogP contribution in [0.3, 0.4) is 0 Å². The predicted molar refractivity (Wildman–Crippen MR) is 107 cm³/mol. The molecule has 0 saturated carbocycles. The third-order valence-electron chi connectivity index (χ3n) is 3.78. The number of ether oxygens (including phenoxy) is 1. The monoisotopic (exact) mass is 430 g/mol. The zero-order valence-corrected chi connectivity index (χ0v) is 17.2.